The summed E-state index contributed by atoms with van der Waals surface area (Å²) in [5.41, 5.74) is -5.40. The average molecular weight is 1140 g/mol. The number of ether oxygens (including phenoxy) is 9. The summed E-state index contributed by atoms with van der Waals surface area (Å²) >= 11 is 1.26. The number of hydrogen-bond acceptors (Lipinski definition) is 20. The number of hydrogen-bond donors (Lipinski definition) is 4. The number of nitrogens with one attached hydrogen (secondary N) is 1. The zero-order valence-electron chi connectivity index (χ0n) is 48.6. The Morgan fingerprint density at radius 2 is 1.67 bits per heavy atom. The van der Waals surface area contributed by atoms with E-state index in [0.29, 0.717) is 30.2 Å². The number of aliphatic hydroxyl groups excluding tert-OH is 1. The van der Waals surface area contributed by atoms with E-state index >= 15 is 4.39 Å². The van der Waals surface area contributed by atoms with Gasteiger partial charge in [0, 0.05) is 74.6 Å². The first-order valence-corrected chi connectivity index (χ1v) is 28.7. The van der Waals surface area contributed by atoms with Gasteiger partial charge in [-0.1, -0.05) is 20.8 Å². The topological polar surface area (TPSA) is 253 Å². The summed E-state index contributed by atoms with van der Waals surface area (Å²) in [6.45, 7) is 21.0. The molecule has 1 aromatic heterocycles. The highest BCUT2D eigenvalue weighted by Gasteiger charge is 2.58. The summed E-state index contributed by atoms with van der Waals surface area (Å²) in [5.74, 6) is -5.00. The number of carboxylic acids is 1. The number of halogens is 1. The highest BCUT2D eigenvalue weighted by molar-refractivity contribution is 7.99. The monoisotopic (exact) mass is 1140 g/mol. The van der Waals surface area contributed by atoms with Crippen molar-refractivity contribution in [1.82, 2.24) is 19.7 Å². The zero-order chi connectivity index (χ0) is 58.6. The maximum Gasteiger partial charge on any atom is 0.509 e. The molecule has 0 bridgehead atoms. The van der Waals surface area contributed by atoms with Crippen molar-refractivity contribution in [2.75, 3.05) is 53.6 Å². The van der Waals surface area contributed by atoms with Crippen molar-refractivity contribution < 1.29 is 81.5 Å². The van der Waals surface area contributed by atoms with Gasteiger partial charge in [-0.05, 0) is 114 Å². The van der Waals surface area contributed by atoms with Crippen molar-refractivity contribution in [2.45, 2.75) is 210 Å². The van der Waals surface area contributed by atoms with E-state index in [0.717, 1.165) is 6.20 Å². The lowest BCUT2D eigenvalue weighted by Gasteiger charge is -2.49. The molecule has 0 aliphatic carbocycles. The molecule has 0 amide bonds. The molecule has 4 N–H and O–H groups in total. The van der Waals surface area contributed by atoms with Gasteiger partial charge < -0.3 is 72.7 Å². The third-order valence-corrected chi connectivity index (χ3v) is 17.7. The highest BCUT2D eigenvalue weighted by Crippen LogP contribution is 2.43. The number of aliphatic hydroxyl groups is 2. The molecule has 4 aliphatic rings. The molecule has 446 valence electrons. The maximum atomic E-state index is 15.0. The van der Waals surface area contributed by atoms with E-state index < -0.39 is 131 Å². The average Bonchev–Trinajstić information content (AvgIpc) is 3.91. The summed E-state index contributed by atoms with van der Waals surface area (Å²) in [6.07, 6.45) is -8.24. The molecular formula is C56H87FN4O17S. The number of benzene rings is 1. The fourth-order valence-corrected chi connectivity index (χ4v) is 13.3. The van der Waals surface area contributed by atoms with Crippen LogP contribution in [0.5, 0.6) is 0 Å². The van der Waals surface area contributed by atoms with Gasteiger partial charge in [-0.2, -0.15) is 0 Å². The summed E-state index contributed by atoms with van der Waals surface area (Å²) in [6, 6.07) is 1.97. The summed E-state index contributed by atoms with van der Waals surface area (Å²) < 4.78 is 73.3. The number of pyridine rings is 1. The number of fused-ring (bicyclic) bond motifs is 2. The van der Waals surface area contributed by atoms with E-state index in [1.807, 2.05) is 58.6 Å². The van der Waals surface area contributed by atoms with Gasteiger partial charge in [0.25, 0.3) is 0 Å². The Morgan fingerprint density at radius 3 is 2.30 bits per heavy atom. The van der Waals surface area contributed by atoms with E-state index in [2.05, 4.69) is 5.32 Å². The number of likely N-dealkylation sites (N-methyl/N-ethyl adjacent to an activating group) is 2. The van der Waals surface area contributed by atoms with Gasteiger partial charge in [-0.3, -0.25) is 19.3 Å². The van der Waals surface area contributed by atoms with Crippen molar-refractivity contribution in [3.63, 3.8) is 0 Å². The van der Waals surface area contributed by atoms with Gasteiger partial charge in [0.2, 0.25) is 5.43 Å². The van der Waals surface area contributed by atoms with Crippen molar-refractivity contribution in [2.24, 2.45) is 17.8 Å². The summed E-state index contributed by atoms with van der Waals surface area (Å²) in [4.78, 5) is 70.7. The van der Waals surface area contributed by atoms with E-state index in [1.165, 1.54) is 35.6 Å². The number of aryl methyl sites for hydroxylation is 1. The van der Waals surface area contributed by atoms with Crippen LogP contribution in [-0.2, 0) is 58.8 Å². The van der Waals surface area contributed by atoms with Crippen LogP contribution in [0.2, 0.25) is 0 Å². The standard InChI is InChI=1S/C56H87FN4O17S/c1-16-39-56(11)48(77-53(68)78-56)33(7)60(14)27-29(3)25-54(9,69)47(76-52-45(64)37(59(12)13)24-30(4)71-52)31(5)46(32(6)51(67)73-39)75-41-26-55(10,70-15)49(34(8)72-41)74-40(62)20-21-58-22-23-79-38-19-18-36(57)43-42(38)44(63)35(50(65)66)28-61(43)17-2/h18-19,28-34,37,39,41,45-49,52,58,64,69H,16-17,20-27H2,1-15H3,(H,65,66)/t29-,30-,31+,32-,33-,34+,37+,39-,41+,45-,46+,47+,48-,49+,52+,54-,55-,56+/m1/s1. The number of esters is 2. The Kier molecular flexibility index (Phi) is 21.5. The second-order valence-corrected chi connectivity index (χ2v) is 24.3. The molecule has 4 aliphatic heterocycles. The lowest BCUT2D eigenvalue weighted by Crippen LogP contribution is -2.61. The number of aromatic nitrogens is 1. The first kappa shape index (κ1) is 64.2. The SMILES string of the molecule is CC[C@H]1OC(=O)[C@H](C)[C@@H](O[C@H]2C[C@@](C)(OC)[C@@H](OC(=O)CCNCCSc3ccc(F)c4c3c(=O)c(C(=O)O)cn4CC)[C@H](C)O2)[C@H](C)[C@H](O[C@@H]2O[C@H](C)C[C@H](N(C)C)[C@H]2O)[C@](C)(O)C[C@@H](C)CN(C)[C@H](C)[C@H]2OC(=O)O[C@]21C. The molecule has 5 heterocycles. The van der Waals surface area contributed by atoms with Crippen LogP contribution in [0.15, 0.2) is 28.0 Å². The minimum Gasteiger partial charge on any atom is -0.477 e. The van der Waals surface area contributed by atoms with Crippen LogP contribution in [-0.4, -0.2) is 198 Å². The molecule has 6 rings (SSSR count). The molecule has 2 aromatic rings. The Labute approximate surface area is 467 Å². The zero-order valence-corrected chi connectivity index (χ0v) is 49.5. The second kappa shape index (κ2) is 26.5. The van der Waals surface area contributed by atoms with E-state index in [4.69, 9.17) is 42.6 Å². The molecular weight excluding hydrogens is 1050 g/mol. The van der Waals surface area contributed by atoms with Crippen molar-refractivity contribution in [3.8, 4) is 0 Å². The Bertz CT molecular complexity index is 2520. The van der Waals surface area contributed by atoms with Crippen LogP contribution in [0.3, 0.4) is 0 Å². The molecule has 21 nitrogen and oxygen atoms in total. The number of rotatable bonds is 17. The van der Waals surface area contributed by atoms with Crippen LogP contribution in [0.4, 0.5) is 9.18 Å². The van der Waals surface area contributed by atoms with Crippen LogP contribution in [0, 0.1) is 23.6 Å². The Morgan fingerprint density at radius 1 is 0.975 bits per heavy atom. The van der Waals surface area contributed by atoms with Crippen molar-refractivity contribution >= 4 is 46.7 Å². The number of carbonyl (C=O) groups excluding carboxylic acids is 3. The molecule has 4 saturated heterocycles. The number of nitrogens with zero attached hydrogens (tertiary/aromatic N) is 3. The second-order valence-electron chi connectivity index (χ2n) is 23.1. The third kappa shape index (κ3) is 14.3. The van der Waals surface area contributed by atoms with E-state index in [-0.39, 0.29) is 67.7 Å². The fraction of sp³-hybridized carbons (Fsp3) is 0.768. The Hall–Kier alpha value is -4.01. The molecule has 4 fully saturated rings. The van der Waals surface area contributed by atoms with Crippen molar-refractivity contribution in [1.29, 1.82) is 0 Å². The van der Waals surface area contributed by atoms with Crippen LogP contribution in [0.25, 0.3) is 10.9 Å². The van der Waals surface area contributed by atoms with E-state index in [9.17, 15) is 39.3 Å². The van der Waals surface area contributed by atoms with Gasteiger partial charge in [0.05, 0.1) is 53.3 Å². The number of aromatic carboxylic acids is 1. The largest absolute Gasteiger partial charge is 0.509 e. The minimum absolute atomic E-state index is 0.00265. The fourth-order valence-electron chi connectivity index (χ4n) is 12.3. The predicted molar refractivity (Wildman–Crippen MR) is 290 cm³/mol. The quantitative estimate of drug-likeness (QED) is 0.0653. The number of carboxylic acid groups (broad SMARTS) is 1. The van der Waals surface area contributed by atoms with Gasteiger partial charge in [0.15, 0.2) is 30.4 Å². The van der Waals surface area contributed by atoms with E-state index in [1.54, 1.807) is 48.5 Å². The number of cyclic esters (lactones) is 1. The molecule has 79 heavy (non-hydrogen) atoms. The summed E-state index contributed by atoms with van der Waals surface area (Å²) in [7, 11) is 7.12. The molecule has 0 saturated carbocycles. The van der Waals surface area contributed by atoms with Gasteiger partial charge in [-0.25, -0.2) is 14.0 Å². The lowest BCUT2D eigenvalue weighted by molar-refractivity contribution is -0.318. The lowest BCUT2D eigenvalue weighted by atomic mass is 9.77. The van der Waals surface area contributed by atoms with Crippen LogP contribution < -0.4 is 10.7 Å². The van der Waals surface area contributed by atoms with Crippen LogP contribution >= 0.6 is 11.8 Å². The number of carbonyl (C=O) groups is 4. The number of methoxy groups -OCH3 is 1. The van der Waals surface area contributed by atoms with Gasteiger partial charge >= 0.3 is 24.1 Å². The predicted octanol–water partition coefficient (Wildman–Crippen LogP) is 5.58. The van der Waals surface area contributed by atoms with Gasteiger partial charge in [0.1, 0.15) is 29.2 Å². The first-order valence-electron chi connectivity index (χ1n) is 27.7. The molecule has 0 spiro atoms. The summed E-state index contributed by atoms with van der Waals surface area (Å²) in [5, 5.41) is 37.5. The molecule has 0 unspecified atom stereocenters. The maximum absolute atomic E-state index is 15.0. The molecule has 18 atom stereocenters. The molecule has 1 aromatic carbocycles. The molecule has 23 heteroatoms. The smallest absolute Gasteiger partial charge is 0.477 e. The number of thioether (sulfide) groups is 1. The molecule has 0 radical (unpaired) electrons. The minimum atomic E-state index is -1.64. The normalized spacial score (nSPS) is 37.1. The van der Waals surface area contributed by atoms with Gasteiger partial charge in [-0.15, -0.1) is 11.8 Å². The van der Waals surface area contributed by atoms with Crippen LogP contribution in [0.1, 0.15) is 119 Å². The highest BCUT2D eigenvalue weighted by atomic mass is 32.2. The Balaban J connectivity index is 1.21. The third-order valence-electron chi connectivity index (χ3n) is 16.6. The first-order chi connectivity index (χ1) is 37.0. The van der Waals surface area contributed by atoms with Crippen molar-refractivity contribution in [3.05, 3.63) is 39.9 Å².